The van der Waals surface area contributed by atoms with Gasteiger partial charge in [0.2, 0.25) is 5.16 Å². The molecule has 2 rings (SSSR count). The molecule has 1 heterocycles. The molecular weight excluding hydrogens is 290 g/mol. The number of nitro groups is 1. The number of aromatic nitrogens is 4. The van der Waals surface area contributed by atoms with Gasteiger partial charge in [-0.25, -0.2) is 4.68 Å². The van der Waals surface area contributed by atoms with Crippen molar-refractivity contribution >= 4 is 17.4 Å². The molecule has 0 radical (unpaired) electrons. The van der Waals surface area contributed by atoms with Crippen LogP contribution in [0.3, 0.4) is 0 Å². The highest BCUT2D eigenvalue weighted by Crippen LogP contribution is 2.34. The van der Waals surface area contributed by atoms with Gasteiger partial charge in [-0.2, -0.15) is 0 Å². The molecule has 1 unspecified atom stereocenters. The maximum Gasteiger partial charge on any atom is 0.269 e. The quantitative estimate of drug-likeness (QED) is 0.463. The fourth-order valence-corrected chi connectivity index (χ4v) is 2.77. The molecule has 0 saturated carbocycles. The second-order valence-electron chi connectivity index (χ2n) is 5.15. The number of thioether (sulfide) groups is 1. The summed E-state index contributed by atoms with van der Waals surface area (Å²) in [5, 5.41) is 23.3. The van der Waals surface area contributed by atoms with E-state index in [1.54, 1.807) is 16.8 Å². The van der Waals surface area contributed by atoms with Crippen LogP contribution in [0.5, 0.6) is 0 Å². The van der Waals surface area contributed by atoms with Gasteiger partial charge in [0.15, 0.2) is 0 Å². The third kappa shape index (κ3) is 4.01. The molecular formula is C13H17N5O2S. The van der Waals surface area contributed by atoms with Crippen LogP contribution in [0.15, 0.2) is 29.4 Å². The Hall–Kier alpha value is -1.96. The first-order chi connectivity index (χ1) is 9.97. The van der Waals surface area contributed by atoms with Crippen LogP contribution in [0.2, 0.25) is 0 Å². The van der Waals surface area contributed by atoms with E-state index in [1.165, 1.54) is 17.8 Å². The fraction of sp³-hybridized carbons (Fsp3) is 0.462. The van der Waals surface area contributed by atoms with Gasteiger partial charge in [0, 0.05) is 23.9 Å². The largest absolute Gasteiger partial charge is 0.269 e. The summed E-state index contributed by atoms with van der Waals surface area (Å²) >= 11 is 1.50. The summed E-state index contributed by atoms with van der Waals surface area (Å²) in [6.45, 7) is 6.93. The van der Waals surface area contributed by atoms with Crippen LogP contribution in [0, 0.1) is 16.0 Å². The van der Waals surface area contributed by atoms with Gasteiger partial charge in [0.05, 0.1) is 4.92 Å². The summed E-state index contributed by atoms with van der Waals surface area (Å²) in [5.74, 6) is 0.445. The summed E-state index contributed by atoms with van der Waals surface area (Å²) in [6.07, 6.45) is 0. The molecule has 2 aromatic rings. The van der Waals surface area contributed by atoms with E-state index >= 15 is 0 Å². The summed E-state index contributed by atoms with van der Waals surface area (Å²) < 4.78 is 1.77. The number of hydrogen-bond acceptors (Lipinski definition) is 6. The second kappa shape index (κ2) is 6.66. The van der Waals surface area contributed by atoms with Crippen molar-refractivity contribution in [2.24, 2.45) is 5.92 Å². The number of non-ortho nitro benzene ring substituents is 1. The normalized spacial score (nSPS) is 12.6. The van der Waals surface area contributed by atoms with Gasteiger partial charge in [0.25, 0.3) is 5.69 Å². The number of rotatable bonds is 6. The van der Waals surface area contributed by atoms with Gasteiger partial charge in [-0.1, -0.05) is 37.7 Å². The Balaban J connectivity index is 2.14. The van der Waals surface area contributed by atoms with Gasteiger partial charge in [-0.3, -0.25) is 10.1 Å². The van der Waals surface area contributed by atoms with E-state index in [1.807, 2.05) is 13.0 Å². The van der Waals surface area contributed by atoms with Crippen molar-refractivity contribution in [2.45, 2.75) is 37.7 Å². The Morgan fingerprint density at radius 1 is 1.38 bits per heavy atom. The van der Waals surface area contributed by atoms with E-state index in [2.05, 4.69) is 29.4 Å². The Kier molecular flexibility index (Phi) is 4.89. The maximum atomic E-state index is 10.8. The zero-order valence-corrected chi connectivity index (χ0v) is 12.9. The molecule has 0 aliphatic carbocycles. The SMILES string of the molecule is CC(C)Cn1nnnc1SC(C)c1cccc([N+](=O)[O-])c1. The lowest BCUT2D eigenvalue weighted by molar-refractivity contribution is -0.384. The first kappa shape index (κ1) is 15.4. The Morgan fingerprint density at radius 2 is 2.14 bits per heavy atom. The van der Waals surface area contributed by atoms with Crippen molar-refractivity contribution in [1.82, 2.24) is 20.2 Å². The van der Waals surface area contributed by atoms with Gasteiger partial charge >= 0.3 is 0 Å². The Labute approximate surface area is 126 Å². The van der Waals surface area contributed by atoms with Crippen molar-refractivity contribution in [1.29, 1.82) is 0 Å². The van der Waals surface area contributed by atoms with Crippen molar-refractivity contribution in [3.8, 4) is 0 Å². The molecule has 0 amide bonds. The van der Waals surface area contributed by atoms with E-state index in [4.69, 9.17) is 0 Å². The lowest BCUT2D eigenvalue weighted by atomic mass is 10.1. The van der Waals surface area contributed by atoms with E-state index in [-0.39, 0.29) is 15.9 Å². The highest BCUT2D eigenvalue weighted by atomic mass is 32.2. The van der Waals surface area contributed by atoms with E-state index in [9.17, 15) is 10.1 Å². The molecule has 0 aliphatic heterocycles. The van der Waals surface area contributed by atoms with Crippen LogP contribution in [0.25, 0.3) is 0 Å². The number of benzene rings is 1. The summed E-state index contributed by atoms with van der Waals surface area (Å²) in [5.41, 5.74) is 0.981. The van der Waals surface area contributed by atoms with Crippen LogP contribution >= 0.6 is 11.8 Å². The zero-order valence-electron chi connectivity index (χ0n) is 12.1. The van der Waals surface area contributed by atoms with Crippen LogP contribution in [-0.2, 0) is 6.54 Å². The molecule has 0 N–H and O–H groups in total. The van der Waals surface area contributed by atoms with Crippen molar-refractivity contribution in [3.63, 3.8) is 0 Å². The molecule has 1 aromatic heterocycles. The molecule has 0 fully saturated rings. The number of nitrogens with zero attached hydrogens (tertiary/aromatic N) is 5. The first-order valence-electron chi connectivity index (χ1n) is 6.64. The molecule has 0 spiro atoms. The third-order valence-corrected chi connectivity index (χ3v) is 4.00. The molecule has 8 heteroatoms. The summed E-state index contributed by atoms with van der Waals surface area (Å²) in [6, 6.07) is 6.65. The third-order valence-electron chi connectivity index (χ3n) is 2.87. The summed E-state index contributed by atoms with van der Waals surface area (Å²) in [7, 11) is 0. The number of tetrazole rings is 1. The molecule has 7 nitrogen and oxygen atoms in total. The predicted molar refractivity (Wildman–Crippen MR) is 80.0 cm³/mol. The average Bonchev–Trinajstić information content (AvgIpc) is 2.85. The smallest absolute Gasteiger partial charge is 0.258 e. The van der Waals surface area contributed by atoms with Gasteiger partial charge in [-0.05, 0) is 28.8 Å². The van der Waals surface area contributed by atoms with Crippen LogP contribution in [0.4, 0.5) is 5.69 Å². The lowest BCUT2D eigenvalue weighted by Gasteiger charge is -2.12. The van der Waals surface area contributed by atoms with Crippen molar-refractivity contribution in [3.05, 3.63) is 39.9 Å². The first-order valence-corrected chi connectivity index (χ1v) is 7.52. The standard InChI is InChI=1S/C13H17N5O2S/c1-9(2)8-17-13(14-15-16-17)21-10(3)11-5-4-6-12(7-11)18(19)20/h4-7,9-10H,8H2,1-3H3. The highest BCUT2D eigenvalue weighted by molar-refractivity contribution is 7.99. The van der Waals surface area contributed by atoms with Gasteiger partial charge in [0.1, 0.15) is 0 Å². The van der Waals surface area contributed by atoms with Crippen LogP contribution < -0.4 is 0 Å². The second-order valence-corrected chi connectivity index (χ2v) is 6.46. The Morgan fingerprint density at radius 3 is 2.81 bits per heavy atom. The molecule has 21 heavy (non-hydrogen) atoms. The minimum atomic E-state index is -0.385. The van der Waals surface area contributed by atoms with Gasteiger partial charge in [-0.15, -0.1) is 5.10 Å². The minimum absolute atomic E-state index is 0.0295. The van der Waals surface area contributed by atoms with Gasteiger partial charge < -0.3 is 0 Å². The van der Waals surface area contributed by atoms with Crippen molar-refractivity contribution < 1.29 is 4.92 Å². The maximum absolute atomic E-state index is 10.8. The fourth-order valence-electron chi connectivity index (χ4n) is 1.86. The molecule has 1 aromatic carbocycles. The molecule has 112 valence electrons. The minimum Gasteiger partial charge on any atom is -0.258 e. The highest BCUT2D eigenvalue weighted by Gasteiger charge is 2.16. The average molecular weight is 307 g/mol. The number of nitro benzene ring substituents is 1. The van der Waals surface area contributed by atoms with Crippen LogP contribution in [0.1, 0.15) is 31.6 Å². The lowest BCUT2D eigenvalue weighted by Crippen LogP contribution is -2.08. The van der Waals surface area contributed by atoms with E-state index in [0.29, 0.717) is 5.92 Å². The molecule has 0 aliphatic rings. The molecule has 1 atom stereocenters. The molecule has 0 bridgehead atoms. The van der Waals surface area contributed by atoms with Crippen molar-refractivity contribution in [2.75, 3.05) is 0 Å². The van der Waals surface area contributed by atoms with E-state index < -0.39 is 0 Å². The monoisotopic (exact) mass is 307 g/mol. The predicted octanol–water partition coefficient (Wildman–Crippen LogP) is 3.09. The number of hydrogen-bond donors (Lipinski definition) is 0. The topological polar surface area (TPSA) is 86.7 Å². The van der Waals surface area contributed by atoms with Crippen LogP contribution in [-0.4, -0.2) is 25.1 Å². The Bertz CT molecular complexity index is 629. The summed E-state index contributed by atoms with van der Waals surface area (Å²) in [4.78, 5) is 10.4. The van der Waals surface area contributed by atoms with E-state index in [0.717, 1.165) is 17.3 Å². The molecule has 0 saturated heterocycles. The zero-order chi connectivity index (χ0) is 15.4.